The lowest BCUT2D eigenvalue weighted by Crippen LogP contribution is -2.43. The summed E-state index contributed by atoms with van der Waals surface area (Å²) in [5.74, 6) is -0.202. The molecule has 2 saturated heterocycles. The monoisotopic (exact) mass is 404 g/mol. The number of aryl methyl sites for hydroxylation is 1. The molecule has 5 nitrogen and oxygen atoms in total. The summed E-state index contributed by atoms with van der Waals surface area (Å²) < 4.78 is 0. The lowest BCUT2D eigenvalue weighted by molar-refractivity contribution is 0.0928. The highest BCUT2D eigenvalue weighted by molar-refractivity contribution is 6.34. The van der Waals surface area contributed by atoms with Gasteiger partial charge in [-0.15, -0.1) is 0 Å². The second kappa shape index (κ2) is 7.78. The molecule has 1 N–H and O–H groups in total. The summed E-state index contributed by atoms with van der Waals surface area (Å²) in [6, 6.07) is 13.9. The molecule has 0 aromatic heterocycles. The molecule has 0 spiro atoms. The first-order valence-corrected chi connectivity index (χ1v) is 10.1. The number of nitrogens with one attached hydrogen (secondary N) is 1. The van der Waals surface area contributed by atoms with Crippen molar-refractivity contribution in [3.05, 3.63) is 58.1 Å². The highest BCUT2D eigenvalue weighted by Crippen LogP contribution is 2.37. The number of halogens is 1. The van der Waals surface area contributed by atoms with Crippen molar-refractivity contribution in [3.63, 3.8) is 0 Å². The molecule has 6 heteroatoms. The van der Waals surface area contributed by atoms with E-state index in [-0.39, 0.29) is 24.0 Å². The summed E-state index contributed by atoms with van der Waals surface area (Å²) in [6.07, 6.45) is 5.38. The molecule has 2 fully saturated rings. The van der Waals surface area contributed by atoms with Crippen molar-refractivity contribution in [3.8, 4) is 23.4 Å². The van der Waals surface area contributed by atoms with Gasteiger partial charge in [0.05, 0.1) is 35.2 Å². The van der Waals surface area contributed by atoms with E-state index in [1.54, 1.807) is 12.1 Å². The summed E-state index contributed by atoms with van der Waals surface area (Å²) in [5.41, 5.74) is 4.35. The molecule has 0 aliphatic carbocycles. The van der Waals surface area contributed by atoms with Gasteiger partial charge in [-0.2, -0.15) is 10.5 Å². The lowest BCUT2D eigenvalue weighted by Gasteiger charge is -2.22. The molecule has 2 aromatic rings. The molecule has 2 bridgehead atoms. The van der Waals surface area contributed by atoms with Crippen molar-refractivity contribution in [2.45, 2.75) is 50.7 Å². The minimum atomic E-state index is -0.202. The number of fused-ring (bicyclic) bond motifs is 2. The Morgan fingerprint density at radius 3 is 2.72 bits per heavy atom. The first-order valence-electron chi connectivity index (χ1n) is 9.76. The third-order valence-electron chi connectivity index (χ3n) is 5.94. The van der Waals surface area contributed by atoms with Crippen molar-refractivity contribution in [2.75, 3.05) is 0 Å². The molecule has 2 aliphatic heterocycles. The molecular formula is C23H21ClN4O. The Labute approximate surface area is 175 Å². The fourth-order valence-corrected chi connectivity index (χ4v) is 4.91. The summed E-state index contributed by atoms with van der Waals surface area (Å²) in [5, 5.41) is 21.7. The Balaban J connectivity index is 1.53. The van der Waals surface area contributed by atoms with Gasteiger partial charge in [-0.25, -0.2) is 0 Å². The third kappa shape index (κ3) is 3.67. The normalized spacial score (nSPS) is 22.2. The quantitative estimate of drug-likeness (QED) is 0.774. The van der Waals surface area contributed by atoms with Crippen LogP contribution in [0.5, 0.6) is 0 Å². The van der Waals surface area contributed by atoms with E-state index in [4.69, 9.17) is 16.9 Å². The van der Waals surface area contributed by atoms with Gasteiger partial charge in [-0.1, -0.05) is 41.4 Å². The number of benzene rings is 2. The van der Waals surface area contributed by atoms with Crippen LogP contribution in [0.4, 0.5) is 0 Å². The Bertz CT molecular complexity index is 1050. The smallest absolute Gasteiger partial charge is 0.253 e. The van der Waals surface area contributed by atoms with Gasteiger partial charge in [0.15, 0.2) is 6.19 Å². The fraction of sp³-hybridized carbons (Fsp3) is 0.348. The topological polar surface area (TPSA) is 79.9 Å². The highest BCUT2D eigenvalue weighted by Gasteiger charge is 2.46. The van der Waals surface area contributed by atoms with Crippen LogP contribution in [0.1, 0.15) is 40.7 Å². The van der Waals surface area contributed by atoms with E-state index >= 15 is 0 Å². The molecule has 0 saturated carbocycles. The largest absolute Gasteiger partial charge is 0.347 e. The van der Waals surface area contributed by atoms with Crippen LogP contribution < -0.4 is 5.32 Å². The number of nitrogens with zero attached hydrogens (tertiary/aromatic N) is 3. The van der Waals surface area contributed by atoms with Gasteiger partial charge in [-0.05, 0) is 55.0 Å². The Kier molecular flexibility index (Phi) is 5.18. The van der Waals surface area contributed by atoms with Gasteiger partial charge in [-0.3, -0.25) is 4.79 Å². The second-order valence-electron chi connectivity index (χ2n) is 7.86. The zero-order valence-electron chi connectivity index (χ0n) is 16.2. The standard InChI is InChI=1S/C23H21ClN4O/c1-14-8-15(6-7-25)10-17(9-14)16-2-4-19(20(24)11-16)23(29)27-21-12-18-3-5-22(21)28(18)13-26/h2,4,8-11,18,21-22H,3,5-6,12H2,1H3,(H,27,29)/t18-,21+,22+/m0/s1. The van der Waals surface area contributed by atoms with Crippen molar-refractivity contribution in [1.29, 1.82) is 10.5 Å². The van der Waals surface area contributed by atoms with Crippen molar-refractivity contribution >= 4 is 17.5 Å². The van der Waals surface area contributed by atoms with Gasteiger partial charge in [0.1, 0.15) is 0 Å². The lowest BCUT2D eigenvalue weighted by atomic mass is 9.95. The van der Waals surface area contributed by atoms with Gasteiger partial charge < -0.3 is 10.2 Å². The van der Waals surface area contributed by atoms with Crippen LogP contribution in [-0.4, -0.2) is 28.9 Å². The fourth-order valence-electron chi connectivity index (χ4n) is 4.65. The van der Waals surface area contributed by atoms with Crippen molar-refractivity contribution in [1.82, 2.24) is 10.2 Å². The number of amides is 1. The van der Waals surface area contributed by atoms with E-state index in [1.807, 2.05) is 36.1 Å². The predicted octanol–water partition coefficient (Wildman–Crippen LogP) is 4.20. The zero-order chi connectivity index (χ0) is 20.5. The van der Waals surface area contributed by atoms with E-state index < -0.39 is 0 Å². The van der Waals surface area contributed by atoms with Crippen LogP contribution in [-0.2, 0) is 6.42 Å². The maximum atomic E-state index is 12.8. The van der Waals surface area contributed by atoms with Gasteiger partial charge >= 0.3 is 0 Å². The van der Waals surface area contributed by atoms with Crippen LogP contribution in [0.15, 0.2) is 36.4 Å². The van der Waals surface area contributed by atoms with Crippen LogP contribution in [0.3, 0.4) is 0 Å². The minimum Gasteiger partial charge on any atom is -0.347 e. The molecule has 4 rings (SSSR count). The number of hydrogen-bond acceptors (Lipinski definition) is 4. The molecule has 0 radical (unpaired) electrons. The Hall–Kier alpha value is -3.02. The van der Waals surface area contributed by atoms with Gasteiger partial charge in [0.25, 0.3) is 5.91 Å². The van der Waals surface area contributed by atoms with Gasteiger partial charge in [0, 0.05) is 6.04 Å². The molecule has 2 heterocycles. The van der Waals surface area contributed by atoms with E-state index in [1.165, 1.54) is 0 Å². The number of carbonyl (C=O) groups excluding carboxylic acids is 1. The number of hydrogen-bond donors (Lipinski definition) is 1. The minimum absolute atomic E-state index is 0.0121. The predicted molar refractivity (Wildman–Crippen MR) is 111 cm³/mol. The summed E-state index contributed by atoms with van der Waals surface area (Å²) >= 11 is 6.46. The number of rotatable bonds is 4. The summed E-state index contributed by atoms with van der Waals surface area (Å²) in [4.78, 5) is 14.6. The second-order valence-corrected chi connectivity index (χ2v) is 8.27. The molecule has 29 heavy (non-hydrogen) atoms. The average Bonchev–Trinajstić information content (AvgIpc) is 3.24. The molecule has 3 atom stereocenters. The Morgan fingerprint density at radius 1 is 1.21 bits per heavy atom. The van der Waals surface area contributed by atoms with E-state index in [9.17, 15) is 10.1 Å². The molecular weight excluding hydrogens is 384 g/mol. The maximum absolute atomic E-state index is 12.8. The van der Waals surface area contributed by atoms with Crippen molar-refractivity contribution < 1.29 is 4.79 Å². The highest BCUT2D eigenvalue weighted by atomic mass is 35.5. The molecule has 2 aromatic carbocycles. The molecule has 0 unspecified atom stereocenters. The maximum Gasteiger partial charge on any atom is 0.253 e. The number of carbonyl (C=O) groups is 1. The van der Waals surface area contributed by atoms with E-state index in [0.717, 1.165) is 41.5 Å². The molecule has 1 amide bonds. The third-order valence-corrected chi connectivity index (χ3v) is 6.25. The van der Waals surface area contributed by atoms with Crippen LogP contribution in [0.25, 0.3) is 11.1 Å². The average molecular weight is 405 g/mol. The van der Waals surface area contributed by atoms with Crippen LogP contribution in [0, 0.1) is 29.7 Å². The Morgan fingerprint density at radius 2 is 2.03 bits per heavy atom. The van der Waals surface area contributed by atoms with E-state index in [2.05, 4.69) is 17.6 Å². The van der Waals surface area contributed by atoms with Crippen molar-refractivity contribution in [2.24, 2.45) is 0 Å². The van der Waals surface area contributed by atoms with Crippen LogP contribution in [0.2, 0.25) is 5.02 Å². The first kappa shape index (κ1) is 19.3. The van der Waals surface area contributed by atoms with Gasteiger partial charge in [0.2, 0.25) is 0 Å². The number of nitriles is 2. The summed E-state index contributed by atoms with van der Waals surface area (Å²) in [7, 11) is 0. The molecule has 2 aliphatic rings. The SMILES string of the molecule is Cc1cc(CC#N)cc(-c2ccc(C(=O)N[C@@H]3C[C@@H]4CC[C@H]3N4C#N)c(Cl)c2)c1. The van der Waals surface area contributed by atoms with E-state index in [0.29, 0.717) is 17.0 Å². The first-order chi connectivity index (χ1) is 14.0. The molecule has 146 valence electrons. The zero-order valence-corrected chi connectivity index (χ0v) is 16.9. The summed E-state index contributed by atoms with van der Waals surface area (Å²) in [6.45, 7) is 1.99. The van der Waals surface area contributed by atoms with Crippen LogP contribution >= 0.6 is 11.6 Å².